The van der Waals surface area contributed by atoms with Crippen molar-refractivity contribution < 1.29 is 13.3 Å². The SMILES string of the molecule is CCO[Si](CCCNc1c(C#N)c(N[C@H](C)c2cccc3ccccc23)c(Cl)c(N[C@H](C)c2cccc3ccccc23)c1C#N)(OCC)OCC. The molecule has 8 nitrogen and oxygen atoms in total. The van der Waals surface area contributed by atoms with E-state index in [2.05, 4.69) is 90.5 Å². The summed E-state index contributed by atoms with van der Waals surface area (Å²) in [6.45, 7) is 11.8. The van der Waals surface area contributed by atoms with Gasteiger partial charge in [0.1, 0.15) is 23.3 Å². The van der Waals surface area contributed by atoms with Crippen molar-refractivity contribution in [3.05, 3.63) is 112 Å². The predicted molar refractivity (Wildman–Crippen MR) is 211 cm³/mol. The van der Waals surface area contributed by atoms with Crippen molar-refractivity contribution in [2.75, 3.05) is 42.3 Å². The predicted octanol–water partition coefficient (Wildman–Crippen LogP) is 10.6. The quantitative estimate of drug-likeness (QED) is 0.0643. The fourth-order valence-electron chi connectivity index (χ4n) is 6.76. The van der Waals surface area contributed by atoms with E-state index in [-0.39, 0.29) is 28.2 Å². The molecule has 0 spiro atoms. The van der Waals surface area contributed by atoms with Gasteiger partial charge in [0.25, 0.3) is 0 Å². The average molecular weight is 720 g/mol. The Labute approximate surface area is 307 Å². The van der Waals surface area contributed by atoms with E-state index in [1.54, 1.807) is 0 Å². The molecule has 0 aromatic heterocycles. The molecule has 0 fully saturated rings. The highest BCUT2D eigenvalue weighted by molar-refractivity contribution is 6.60. The van der Waals surface area contributed by atoms with Crippen LogP contribution in [-0.2, 0) is 13.3 Å². The van der Waals surface area contributed by atoms with Crippen LogP contribution in [0.1, 0.15) is 75.4 Å². The summed E-state index contributed by atoms with van der Waals surface area (Å²) < 4.78 is 18.2. The molecule has 51 heavy (non-hydrogen) atoms. The molecule has 0 aliphatic rings. The molecule has 0 radical (unpaired) electrons. The molecular formula is C41H46ClN5O3Si. The van der Waals surface area contributed by atoms with Crippen molar-refractivity contribution in [1.82, 2.24) is 0 Å². The fraction of sp³-hybridized carbons (Fsp3) is 0.317. The van der Waals surface area contributed by atoms with Crippen molar-refractivity contribution in [2.24, 2.45) is 0 Å². The number of hydrogen-bond donors (Lipinski definition) is 3. The molecule has 0 saturated heterocycles. The van der Waals surface area contributed by atoms with Crippen LogP contribution in [0.25, 0.3) is 21.5 Å². The van der Waals surface area contributed by atoms with Crippen molar-refractivity contribution in [3.63, 3.8) is 0 Å². The van der Waals surface area contributed by atoms with Crippen molar-refractivity contribution >= 4 is 59.0 Å². The van der Waals surface area contributed by atoms with Crippen LogP contribution in [0.5, 0.6) is 0 Å². The fourth-order valence-corrected chi connectivity index (χ4v) is 9.67. The van der Waals surface area contributed by atoms with Gasteiger partial charge in [-0.3, -0.25) is 0 Å². The lowest BCUT2D eigenvalue weighted by Crippen LogP contribution is -2.46. The molecule has 10 heteroatoms. The number of nitriles is 2. The van der Waals surface area contributed by atoms with Crippen molar-refractivity contribution in [1.29, 1.82) is 10.5 Å². The Morgan fingerprint density at radius 2 is 1.08 bits per heavy atom. The topological polar surface area (TPSA) is 111 Å². The number of rotatable bonds is 17. The molecule has 0 aliphatic heterocycles. The van der Waals surface area contributed by atoms with E-state index in [0.717, 1.165) is 32.7 Å². The molecule has 0 unspecified atom stereocenters. The van der Waals surface area contributed by atoms with E-state index in [4.69, 9.17) is 24.9 Å². The Morgan fingerprint density at radius 1 is 0.647 bits per heavy atom. The third-order valence-electron chi connectivity index (χ3n) is 9.02. The molecular weight excluding hydrogens is 674 g/mol. The maximum absolute atomic E-state index is 10.7. The second-order valence-corrected chi connectivity index (χ2v) is 15.4. The van der Waals surface area contributed by atoms with E-state index in [0.29, 0.717) is 55.9 Å². The van der Waals surface area contributed by atoms with Crippen molar-refractivity contribution in [2.45, 2.75) is 59.2 Å². The number of nitrogens with zero attached hydrogens (tertiary/aromatic N) is 2. The molecule has 5 aromatic rings. The van der Waals surface area contributed by atoms with E-state index in [9.17, 15) is 10.5 Å². The smallest absolute Gasteiger partial charge is 0.383 e. The normalized spacial score (nSPS) is 12.6. The lowest BCUT2D eigenvalue weighted by molar-refractivity contribution is 0.0710. The number of fused-ring (bicyclic) bond motifs is 2. The Kier molecular flexibility index (Phi) is 12.9. The lowest BCUT2D eigenvalue weighted by atomic mass is 9.97. The third kappa shape index (κ3) is 8.31. The lowest BCUT2D eigenvalue weighted by Gasteiger charge is -2.29. The van der Waals surface area contributed by atoms with Crippen LogP contribution in [0.3, 0.4) is 0 Å². The minimum Gasteiger partial charge on any atom is -0.383 e. The highest BCUT2D eigenvalue weighted by Crippen LogP contribution is 2.45. The molecule has 0 bridgehead atoms. The van der Waals surface area contributed by atoms with E-state index >= 15 is 0 Å². The molecule has 0 saturated carbocycles. The summed E-state index contributed by atoms with van der Waals surface area (Å²) in [7, 11) is -2.89. The minimum atomic E-state index is -2.89. The van der Waals surface area contributed by atoms with Crippen LogP contribution in [0.4, 0.5) is 17.1 Å². The zero-order valence-corrected chi connectivity index (χ0v) is 31.7. The standard InChI is InChI=1S/C41H46ClN5O3Si/c1-6-48-51(49-7-2,50-8-3)25-15-24-45-39-36(26-43)40(46-28(4)32-22-13-18-30-16-9-11-20-34(30)32)38(42)41(37(39)27-44)47-29(5)33-23-14-19-31-17-10-12-21-35(31)33/h9-14,16-23,28-29,45-47H,6-8,15,24-25H2,1-5H3/t28-,29-/m1/s1. The maximum atomic E-state index is 10.7. The summed E-state index contributed by atoms with van der Waals surface area (Å²) in [5.41, 5.74) is 4.00. The Hall–Kier alpha value is -4.61. The first kappa shape index (κ1) is 37.6. The van der Waals surface area contributed by atoms with E-state index in [1.165, 1.54) is 0 Å². The number of benzene rings is 5. The van der Waals surface area contributed by atoms with Gasteiger partial charge in [0, 0.05) is 44.5 Å². The van der Waals surface area contributed by atoms with Gasteiger partial charge >= 0.3 is 8.80 Å². The van der Waals surface area contributed by atoms with Gasteiger partial charge < -0.3 is 29.2 Å². The molecule has 5 rings (SSSR count). The first-order chi connectivity index (χ1) is 24.8. The Bertz CT molecular complexity index is 1910. The highest BCUT2D eigenvalue weighted by atomic mass is 35.5. The first-order valence-electron chi connectivity index (χ1n) is 17.6. The second-order valence-electron chi connectivity index (χ2n) is 12.3. The molecule has 0 amide bonds. The molecule has 0 heterocycles. The molecule has 0 aliphatic carbocycles. The number of hydrogen-bond acceptors (Lipinski definition) is 8. The Balaban J connectivity index is 1.57. The average Bonchev–Trinajstić information content (AvgIpc) is 3.15. The van der Waals surface area contributed by atoms with Gasteiger partial charge in [0.2, 0.25) is 0 Å². The largest absolute Gasteiger partial charge is 0.500 e. The van der Waals surface area contributed by atoms with Gasteiger partial charge in [0.05, 0.1) is 22.1 Å². The summed E-state index contributed by atoms with van der Waals surface area (Å²) in [6, 6.07) is 33.7. The zero-order chi connectivity index (χ0) is 36.4. The zero-order valence-electron chi connectivity index (χ0n) is 30.0. The first-order valence-corrected chi connectivity index (χ1v) is 20.0. The number of nitrogens with one attached hydrogen (secondary N) is 3. The Morgan fingerprint density at radius 3 is 1.51 bits per heavy atom. The molecule has 264 valence electrons. The van der Waals surface area contributed by atoms with Crippen LogP contribution < -0.4 is 16.0 Å². The summed E-state index contributed by atoms with van der Waals surface area (Å²) >= 11 is 7.27. The van der Waals surface area contributed by atoms with Gasteiger partial charge in [-0.2, -0.15) is 10.5 Å². The van der Waals surface area contributed by atoms with Crippen LogP contribution in [-0.4, -0.2) is 35.2 Å². The summed E-state index contributed by atoms with van der Waals surface area (Å²) in [6.07, 6.45) is 0.634. The van der Waals surface area contributed by atoms with Gasteiger partial charge in [-0.05, 0) is 73.7 Å². The monoisotopic (exact) mass is 719 g/mol. The highest BCUT2D eigenvalue weighted by Gasteiger charge is 2.39. The summed E-state index contributed by atoms with van der Waals surface area (Å²) in [5.74, 6) is 0. The minimum absolute atomic E-state index is 0.222. The van der Waals surface area contributed by atoms with Gasteiger partial charge in [-0.25, -0.2) is 0 Å². The molecule has 2 atom stereocenters. The van der Waals surface area contributed by atoms with Crippen LogP contribution in [0.2, 0.25) is 11.1 Å². The maximum Gasteiger partial charge on any atom is 0.500 e. The van der Waals surface area contributed by atoms with Crippen LogP contribution in [0, 0.1) is 22.7 Å². The van der Waals surface area contributed by atoms with Crippen LogP contribution >= 0.6 is 11.6 Å². The second kappa shape index (κ2) is 17.5. The van der Waals surface area contributed by atoms with Gasteiger partial charge in [-0.1, -0.05) is 96.5 Å². The van der Waals surface area contributed by atoms with E-state index < -0.39 is 8.80 Å². The summed E-state index contributed by atoms with van der Waals surface area (Å²) in [5, 5.41) is 36.7. The van der Waals surface area contributed by atoms with Crippen molar-refractivity contribution in [3.8, 4) is 12.1 Å². The number of anilines is 3. The third-order valence-corrected chi connectivity index (χ3v) is 12.5. The van der Waals surface area contributed by atoms with Gasteiger partial charge in [-0.15, -0.1) is 0 Å². The number of halogens is 1. The van der Waals surface area contributed by atoms with E-state index in [1.807, 2.05) is 57.2 Å². The summed E-state index contributed by atoms with van der Waals surface area (Å²) in [4.78, 5) is 0. The molecule has 3 N–H and O–H groups in total. The van der Waals surface area contributed by atoms with Crippen LogP contribution in [0.15, 0.2) is 84.9 Å². The molecule has 5 aromatic carbocycles. The van der Waals surface area contributed by atoms with Gasteiger partial charge in [0.15, 0.2) is 0 Å².